The van der Waals surface area contributed by atoms with E-state index in [2.05, 4.69) is 4.74 Å². The van der Waals surface area contributed by atoms with Crippen LogP contribution in [0.4, 0.5) is 13.2 Å². The molecule has 0 bridgehead atoms. The highest BCUT2D eigenvalue weighted by Gasteiger charge is 2.36. The molecule has 0 amide bonds. The second kappa shape index (κ2) is 4.53. The lowest BCUT2D eigenvalue weighted by atomic mass is 9.79. The van der Waals surface area contributed by atoms with Gasteiger partial charge in [-0.2, -0.15) is 13.2 Å². The van der Waals surface area contributed by atoms with Gasteiger partial charge in [-0.25, -0.2) is 0 Å². The number of benzene rings is 1. The quantitative estimate of drug-likeness (QED) is 0.776. The van der Waals surface area contributed by atoms with Crippen LogP contribution in [0, 0.1) is 0 Å². The van der Waals surface area contributed by atoms with Crippen molar-refractivity contribution >= 4 is 24.2 Å². The van der Waals surface area contributed by atoms with E-state index in [-0.39, 0.29) is 10.5 Å². The standard InChI is InChI=1S/C8H7BClF3O3/c1-16-7-5(8(11,12)13)2-4(9(14)15)3-6(7)10/h2-3,14-15H,1H3. The first-order valence-corrected chi connectivity index (χ1v) is 4.46. The van der Waals surface area contributed by atoms with Gasteiger partial charge in [0.2, 0.25) is 0 Å². The largest absolute Gasteiger partial charge is 0.495 e. The lowest BCUT2D eigenvalue weighted by Gasteiger charge is -2.14. The number of ether oxygens (including phenoxy) is 1. The Morgan fingerprint density at radius 2 is 1.88 bits per heavy atom. The molecular weight excluding hydrogens is 247 g/mol. The monoisotopic (exact) mass is 254 g/mol. The molecule has 0 saturated carbocycles. The number of halogens is 4. The van der Waals surface area contributed by atoms with Gasteiger partial charge in [-0.3, -0.25) is 0 Å². The number of hydrogen-bond donors (Lipinski definition) is 2. The Morgan fingerprint density at radius 3 is 2.25 bits per heavy atom. The Hall–Kier alpha value is -0.915. The highest BCUT2D eigenvalue weighted by molar-refractivity contribution is 6.59. The third kappa shape index (κ3) is 2.60. The number of alkyl halides is 3. The lowest BCUT2D eigenvalue weighted by molar-refractivity contribution is -0.138. The zero-order chi connectivity index (χ0) is 12.5. The van der Waals surface area contributed by atoms with Crippen molar-refractivity contribution in [2.45, 2.75) is 6.18 Å². The molecule has 0 radical (unpaired) electrons. The maximum Gasteiger partial charge on any atom is 0.488 e. The van der Waals surface area contributed by atoms with Crippen LogP contribution in [0.25, 0.3) is 0 Å². The fraction of sp³-hybridized carbons (Fsp3) is 0.250. The van der Waals surface area contributed by atoms with Crippen molar-refractivity contribution in [1.29, 1.82) is 0 Å². The molecule has 0 aliphatic heterocycles. The summed E-state index contributed by atoms with van der Waals surface area (Å²) in [5, 5.41) is 17.2. The fourth-order valence-electron chi connectivity index (χ4n) is 1.18. The Morgan fingerprint density at radius 1 is 1.31 bits per heavy atom. The average molecular weight is 254 g/mol. The molecule has 0 fully saturated rings. The van der Waals surface area contributed by atoms with E-state index in [4.69, 9.17) is 21.6 Å². The molecule has 2 N–H and O–H groups in total. The van der Waals surface area contributed by atoms with Gasteiger partial charge in [0.1, 0.15) is 5.75 Å². The van der Waals surface area contributed by atoms with E-state index < -0.39 is 24.6 Å². The first-order chi connectivity index (χ1) is 7.27. The van der Waals surface area contributed by atoms with Crippen LogP contribution in [-0.4, -0.2) is 24.3 Å². The topological polar surface area (TPSA) is 49.7 Å². The van der Waals surface area contributed by atoms with Crippen LogP contribution < -0.4 is 10.2 Å². The van der Waals surface area contributed by atoms with Crippen molar-refractivity contribution in [1.82, 2.24) is 0 Å². The summed E-state index contributed by atoms with van der Waals surface area (Å²) in [6.07, 6.45) is -4.68. The summed E-state index contributed by atoms with van der Waals surface area (Å²) < 4.78 is 42.2. The molecule has 16 heavy (non-hydrogen) atoms. The van der Waals surface area contributed by atoms with Gasteiger partial charge in [-0.05, 0) is 17.6 Å². The zero-order valence-corrected chi connectivity index (χ0v) is 8.80. The van der Waals surface area contributed by atoms with Gasteiger partial charge in [0.25, 0.3) is 0 Å². The maximum atomic E-state index is 12.6. The van der Waals surface area contributed by atoms with Crippen molar-refractivity contribution in [3.63, 3.8) is 0 Å². The Balaban J connectivity index is 3.43. The molecule has 0 aliphatic rings. The average Bonchev–Trinajstić information content (AvgIpc) is 2.14. The van der Waals surface area contributed by atoms with E-state index in [1.807, 2.05) is 0 Å². The van der Waals surface area contributed by atoms with Crippen LogP contribution in [-0.2, 0) is 6.18 Å². The van der Waals surface area contributed by atoms with Gasteiger partial charge >= 0.3 is 13.3 Å². The summed E-state index contributed by atoms with van der Waals surface area (Å²) in [5.41, 5.74) is -1.50. The number of hydrogen-bond acceptors (Lipinski definition) is 3. The lowest BCUT2D eigenvalue weighted by Crippen LogP contribution is -2.31. The molecule has 0 aromatic heterocycles. The van der Waals surface area contributed by atoms with Crippen LogP contribution in [0.3, 0.4) is 0 Å². The molecule has 1 aromatic carbocycles. The molecule has 3 nitrogen and oxygen atoms in total. The van der Waals surface area contributed by atoms with Crippen molar-refractivity contribution in [2.24, 2.45) is 0 Å². The predicted octanol–water partition coefficient (Wildman–Crippen LogP) is 1.05. The molecule has 8 heteroatoms. The summed E-state index contributed by atoms with van der Waals surface area (Å²) in [6, 6.07) is 1.58. The smallest absolute Gasteiger partial charge is 0.488 e. The van der Waals surface area contributed by atoms with Crippen molar-refractivity contribution < 1.29 is 28.0 Å². The molecule has 0 spiro atoms. The van der Waals surface area contributed by atoms with E-state index in [1.165, 1.54) is 0 Å². The highest BCUT2D eigenvalue weighted by atomic mass is 35.5. The van der Waals surface area contributed by atoms with Crippen molar-refractivity contribution in [3.8, 4) is 5.75 Å². The third-order valence-corrected chi connectivity index (χ3v) is 2.15. The second-order valence-electron chi connectivity index (χ2n) is 2.95. The molecule has 0 saturated heterocycles. The molecule has 0 heterocycles. The van der Waals surface area contributed by atoms with Gasteiger partial charge in [-0.1, -0.05) is 11.6 Å². The number of methoxy groups -OCH3 is 1. The van der Waals surface area contributed by atoms with Crippen LogP contribution in [0.2, 0.25) is 5.02 Å². The van der Waals surface area contributed by atoms with Crippen LogP contribution >= 0.6 is 11.6 Å². The maximum absolute atomic E-state index is 12.6. The van der Waals surface area contributed by atoms with Crippen LogP contribution in [0.5, 0.6) is 5.75 Å². The van der Waals surface area contributed by atoms with E-state index >= 15 is 0 Å². The van der Waals surface area contributed by atoms with Gasteiger partial charge in [0, 0.05) is 0 Å². The highest BCUT2D eigenvalue weighted by Crippen LogP contribution is 2.39. The van der Waals surface area contributed by atoms with Crippen molar-refractivity contribution in [2.75, 3.05) is 7.11 Å². The molecule has 0 atom stereocenters. The third-order valence-electron chi connectivity index (χ3n) is 1.87. The summed E-state index contributed by atoms with van der Waals surface area (Å²) >= 11 is 5.54. The second-order valence-corrected chi connectivity index (χ2v) is 3.36. The van der Waals surface area contributed by atoms with E-state index in [0.717, 1.165) is 13.2 Å². The van der Waals surface area contributed by atoms with E-state index in [9.17, 15) is 13.2 Å². The Bertz CT molecular complexity index is 395. The van der Waals surface area contributed by atoms with Crippen molar-refractivity contribution in [3.05, 3.63) is 22.7 Å². The Kier molecular flexibility index (Phi) is 3.72. The number of rotatable bonds is 2. The summed E-state index contributed by atoms with van der Waals surface area (Å²) in [5.74, 6) is -0.543. The van der Waals surface area contributed by atoms with Crippen LogP contribution in [0.1, 0.15) is 5.56 Å². The first kappa shape index (κ1) is 13.2. The summed E-state index contributed by atoms with van der Waals surface area (Å²) in [7, 11) is -0.976. The normalized spacial score (nSPS) is 11.4. The van der Waals surface area contributed by atoms with Gasteiger partial charge in [0.05, 0.1) is 17.7 Å². The summed E-state index contributed by atoms with van der Waals surface area (Å²) in [4.78, 5) is 0. The molecule has 1 rings (SSSR count). The molecular formula is C8H7BClF3O3. The zero-order valence-electron chi connectivity index (χ0n) is 8.05. The first-order valence-electron chi connectivity index (χ1n) is 4.08. The summed E-state index contributed by atoms with van der Waals surface area (Å²) in [6.45, 7) is 0. The van der Waals surface area contributed by atoms with Crippen LogP contribution in [0.15, 0.2) is 12.1 Å². The van der Waals surface area contributed by atoms with Gasteiger partial charge in [-0.15, -0.1) is 0 Å². The SMILES string of the molecule is COc1c(Cl)cc(B(O)O)cc1C(F)(F)F. The minimum absolute atomic E-state index is 0.333. The Labute approximate surface area is 94.6 Å². The predicted molar refractivity (Wildman–Crippen MR) is 52.8 cm³/mol. The van der Waals surface area contributed by atoms with Gasteiger partial charge in [0.15, 0.2) is 0 Å². The minimum Gasteiger partial charge on any atom is -0.495 e. The molecule has 0 aliphatic carbocycles. The van der Waals surface area contributed by atoms with E-state index in [0.29, 0.717) is 6.07 Å². The minimum atomic E-state index is -4.68. The molecule has 0 unspecified atom stereocenters. The molecule has 1 aromatic rings. The van der Waals surface area contributed by atoms with E-state index in [1.54, 1.807) is 0 Å². The van der Waals surface area contributed by atoms with Gasteiger partial charge < -0.3 is 14.8 Å². The fourth-order valence-corrected chi connectivity index (χ4v) is 1.49. The molecule has 88 valence electrons.